The highest BCUT2D eigenvalue weighted by atomic mass is 32.1. The summed E-state index contributed by atoms with van der Waals surface area (Å²) in [6, 6.07) is 58.1. The summed E-state index contributed by atoms with van der Waals surface area (Å²) < 4.78 is 2.53. The predicted octanol–water partition coefficient (Wildman–Crippen LogP) is 12.4. The van der Waals surface area contributed by atoms with E-state index in [2.05, 4.69) is 158 Å². The standard InChI is InChI=1S/C45H27N3S/c1-2-9-28(10-3-1)30-12-8-13-32(25-30)43-46-44(48-45(47-43)34-20-24-42-40(27-34)39-15-6-7-16-41(39)49-42)33-19-21-36-31(26-33)18-23-37-35-14-5-4-11-29(35)17-22-38(36)37/h1-27H. The van der Waals surface area contributed by atoms with Crippen molar-refractivity contribution in [3.63, 3.8) is 0 Å². The van der Waals surface area contributed by atoms with Gasteiger partial charge in [0.2, 0.25) is 0 Å². The van der Waals surface area contributed by atoms with Crippen LogP contribution in [-0.4, -0.2) is 15.0 Å². The molecule has 0 atom stereocenters. The lowest BCUT2D eigenvalue weighted by molar-refractivity contribution is 1.08. The van der Waals surface area contributed by atoms with Crippen LogP contribution in [0.1, 0.15) is 0 Å². The van der Waals surface area contributed by atoms with Crippen molar-refractivity contribution in [3.8, 4) is 45.3 Å². The van der Waals surface area contributed by atoms with Crippen molar-refractivity contribution >= 4 is 63.8 Å². The Labute approximate surface area is 286 Å². The highest BCUT2D eigenvalue weighted by Crippen LogP contribution is 2.37. The van der Waals surface area contributed by atoms with Gasteiger partial charge in [0, 0.05) is 36.9 Å². The summed E-state index contributed by atoms with van der Waals surface area (Å²) in [5.74, 6) is 1.96. The molecule has 0 aliphatic rings. The number of hydrogen-bond acceptors (Lipinski definition) is 4. The van der Waals surface area contributed by atoms with E-state index in [0.29, 0.717) is 17.5 Å². The van der Waals surface area contributed by atoms with Crippen molar-refractivity contribution < 1.29 is 0 Å². The fourth-order valence-electron chi connectivity index (χ4n) is 7.06. The first-order valence-corrected chi connectivity index (χ1v) is 17.3. The molecule has 228 valence electrons. The minimum atomic E-state index is 0.651. The number of rotatable bonds is 4. The van der Waals surface area contributed by atoms with Gasteiger partial charge in [-0.3, -0.25) is 0 Å². The molecule has 10 aromatic rings. The smallest absolute Gasteiger partial charge is 0.164 e. The van der Waals surface area contributed by atoms with Crippen LogP contribution in [0.5, 0.6) is 0 Å². The average molecular weight is 642 g/mol. The molecular formula is C45H27N3S. The van der Waals surface area contributed by atoms with Crippen molar-refractivity contribution in [2.24, 2.45) is 0 Å². The van der Waals surface area contributed by atoms with Crippen LogP contribution in [0.2, 0.25) is 0 Å². The highest BCUT2D eigenvalue weighted by molar-refractivity contribution is 7.25. The first kappa shape index (κ1) is 27.8. The Bertz CT molecular complexity index is 2890. The van der Waals surface area contributed by atoms with E-state index in [1.54, 1.807) is 0 Å². The second kappa shape index (κ2) is 11.2. The van der Waals surface area contributed by atoms with Gasteiger partial charge in [-0.2, -0.15) is 0 Å². The Hall–Kier alpha value is -6.23. The summed E-state index contributed by atoms with van der Waals surface area (Å²) >= 11 is 1.81. The molecule has 0 bridgehead atoms. The van der Waals surface area contributed by atoms with Crippen LogP contribution < -0.4 is 0 Å². The molecule has 0 fully saturated rings. The molecule has 0 saturated carbocycles. The van der Waals surface area contributed by atoms with Crippen molar-refractivity contribution in [2.75, 3.05) is 0 Å². The molecule has 0 unspecified atom stereocenters. The molecule has 4 heteroatoms. The van der Waals surface area contributed by atoms with E-state index in [1.807, 2.05) is 17.4 Å². The second-order valence-corrected chi connectivity index (χ2v) is 13.5. The third-order valence-electron chi connectivity index (χ3n) is 9.50. The minimum absolute atomic E-state index is 0.651. The fourth-order valence-corrected chi connectivity index (χ4v) is 8.15. The van der Waals surface area contributed by atoms with Crippen LogP contribution in [0.25, 0.3) is 97.8 Å². The number of fused-ring (bicyclic) bond motifs is 8. The molecule has 10 rings (SSSR count). The van der Waals surface area contributed by atoms with E-state index in [1.165, 1.54) is 47.1 Å². The summed E-state index contributed by atoms with van der Waals surface area (Å²) in [4.78, 5) is 15.4. The Morgan fingerprint density at radius 2 is 0.837 bits per heavy atom. The lowest BCUT2D eigenvalue weighted by atomic mass is 9.96. The van der Waals surface area contributed by atoms with Crippen LogP contribution >= 0.6 is 11.3 Å². The van der Waals surface area contributed by atoms with Crippen LogP contribution in [0.15, 0.2) is 164 Å². The quantitative estimate of drug-likeness (QED) is 0.180. The molecule has 0 saturated heterocycles. The summed E-state index contributed by atoms with van der Waals surface area (Å²) in [6.45, 7) is 0. The van der Waals surface area contributed by atoms with E-state index in [0.717, 1.165) is 33.2 Å². The van der Waals surface area contributed by atoms with Crippen molar-refractivity contribution in [1.29, 1.82) is 0 Å². The first-order chi connectivity index (χ1) is 24.2. The van der Waals surface area contributed by atoms with Gasteiger partial charge in [0.1, 0.15) is 0 Å². The zero-order valence-electron chi connectivity index (χ0n) is 26.3. The van der Waals surface area contributed by atoms with Crippen molar-refractivity contribution in [2.45, 2.75) is 0 Å². The van der Waals surface area contributed by atoms with E-state index in [4.69, 9.17) is 15.0 Å². The number of hydrogen-bond donors (Lipinski definition) is 0. The Morgan fingerprint density at radius 3 is 1.65 bits per heavy atom. The van der Waals surface area contributed by atoms with Gasteiger partial charge in [-0.1, -0.05) is 127 Å². The fraction of sp³-hybridized carbons (Fsp3) is 0. The van der Waals surface area contributed by atoms with E-state index in [-0.39, 0.29) is 0 Å². The van der Waals surface area contributed by atoms with Crippen molar-refractivity contribution in [3.05, 3.63) is 164 Å². The Morgan fingerprint density at radius 1 is 0.286 bits per heavy atom. The van der Waals surface area contributed by atoms with Crippen LogP contribution in [0.3, 0.4) is 0 Å². The zero-order valence-corrected chi connectivity index (χ0v) is 27.2. The van der Waals surface area contributed by atoms with Gasteiger partial charge in [-0.05, 0) is 79.8 Å². The number of thiophene rings is 1. The molecular weight excluding hydrogens is 615 g/mol. The normalized spacial score (nSPS) is 11.7. The predicted molar refractivity (Wildman–Crippen MR) is 207 cm³/mol. The second-order valence-electron chi connectivity index (χ2n) is 12.4. The minimum Gasteiger partial charge on any atom is -0.208 e. The maximum Gasteiger partial charge on any atom is 0.164 e. The Balaban J connectivity index is 1.16. The SMILES string of the molecule is c1ccc(-c2cccc(-c3nc(-c4ccc5c(ccc6c7ccccc7ccc56)c4)nc(-c4ccc5sc6ccccc6c5c4)n3)c2)cc1. The number of nitrogens with zero attached hydrogens (tertiary/aromatic N) is 3. The molecule has 0 N–H and O–H groups in total. The van der Waals surface area contributed by atoms with Gasteiger partial charge >= 0.3 is 0 Å². The van der Waals surface area contributed by atoms with Crippen LogP contribution in [0, 0.1) is 0 Å². The van der Waals surface area contributed by atoms with Gasteiger partial charge in [0.15, 0.2) is 17.5 Å². The van der Waals surface area contributed by atoms with Gasteiger partial charge < -0.3 is 0 Å². The maximum atomic E-state index is 5.14. The van der Waals surface area contributed by atoms with E-state index >= 15 is 0 Å². The van der Waals surface area contributed by atoms with Gasteiger partial charge in [0.25, 0.3) is 0 Å². The van der Waals surface area contributed by atoms with Crippen LogP contribution in [-0.2, 0) is 0 Å². The summed E-state index contributed by atoms with van der Waals surface area (Å²) in [5.41, 5.74) is 5.16. The summed E-state index contributed by atoms with van der Waals surface area (Å²) in [7, 11) is 0. The number of aromatic nitrogens is 3. The largest absolute Gasteiger partial charge is 0.208 e. The molecule has 0 spiro atoms. The highest BCUT2D eigenvalue weighted by Gasteiger charge is 2.16. The molecule has 49 heavy (non-hydrogen) atoms. The third-order valence-corrected chi connectivity index (χ3v) is 10.7. The zero-order chi connectivity index (χ0) is 32.3. The Kier molecular flexibility index (Phi) is 6.36. The first-order valence-electron chi connectivity index (χ1n) is 16.4. The lowest BCUT2D eigenvalue weighted by Gasteiger charge is -2.11. The maximum absolute atomic E-state index is 5.14. The molecule has 2 aromatic heterocycles. The molecule has 0 radical (unpaired) electrons. The van der Waals surface area contributed by atoms with Gasteiger partial charge in [-0.25, -0.2) is 15.0 Å². The summed E-state index contributed by atoms with van der Waals surface area (Å²) in [5, 5.41) is 9.87. The topological polar surface area (TPSA) is 38.7 Å². The van der Waals surface area contributed by atoms with E-state index < -0.39 is 0 Å². The average Bonchev–Trinajstić information content (AvgIpc) is 3.55. The van der Waals surface area contributed by atoms with Gasteiger partial charge in [0.05, 0.1) is 0 Å². The van der Waals surface area contributed by atoms with E-state index in [9.17, 15) is 0 Å². The lowest BCUT2D eigenvalue weighted by Crippen LogP contribution is -2.00. The number of benzene rings is 8. The third kappa shape index (κ3) is 4.76. The van der Waals surface area contributed by atoms with Crippen LogP contribution in [0.4, 0.5) is 0 Å². The molecule has 3 nitrogen and oxygen atoms in total. The molecule has 0 aliphatic heterocycles. The molecule has 0 aliphatic carbocycles. The summed E-state index contributed by atoms with van der Waals surface area (Å²) in [6.07, 6.45) is 0. The molecule has 8 aromatic carbocycles. The van der Waals surface area contributed by atoms with Gasteiger partial charge in [-0.15, -0.1) is 11.3 Å². The molecule has 2 heterocycles. The molecule has 0 amide bonds. The monoisotopic (exact) mass is 641 g/mol. The van der Waals surface area contributed by atoms with Crippen molar-refractivity contribution in [1.82, 2.24) is 15.0 Å².